The summed E-state index contributed by atoms with van der Waals surface area (Å²) in [5.74, 6) is 1.36. The largest absolute Gasteiger partial charge is 0.493 e. The van der Waals surface area contributed by atoms with E-state index in [9.17, 15) is 0 Å². The van der Waals surface area contributed by atoms with Gasteiger partial charge in [-0.25, -0.2) is 0 Å². The lowest BCUT2D eigenvalue weighted by atomic mass is 10.3. The highest BCUT2D eigenvalue weighted by atomic mass is 16.7. The van der Waals surface area contributed by atoms with Crippen molar-refractivity contribution in [3.63, 3.8) is 0 Å². The van der Waals surface area contributed by atoms with Gasteiger partial charge in [-0.2, -0.15) is 0 Å². The van der Waals surface area contributed by atoms with E-state index in [1.54, 1.807) is 7.11 Å². The number of benzene rings is 1. The molecule has 1 aliphatic heterocycles. The van der Waals surface area contributed by atoms with E-state index in [4.69, 9.17) is 24.1 Å². The van der Waals surface area contributed by atoms with Crippen molar-refractivity contribution in [1.29, 1.82) is 0 Å². The Balaban J connectivity index is 1.85. The lowest BCUT2D eigenvalue weighted by molar-refractivity contribution is -0.0917. The van der Waals surface area contributed by atoms with E-state index in [1.165, 1.54) is 0 Å². The first-order valence-electron chi connectivity index (χ1n) is 5.47. The number of aliphatic hydroxyl groups is 1. The maximum Gasteiger partial charge on any atom is 0.181 e. The molecule has 0 spiro atoms. The van der Waals surface area contributed by atoms with Crippen LogP contribution in [0.25, 0.3) is 0 Å². The van der Waals surface area contributed by atoms with Crippen molar-refractivity contribution < 1.29 is 24.1 Å². The van der Waals surface area contributed by atoms with Crippen LogP contribution in [0.15, 0.2) is 24.3 Å². The molecule has 17 heavy (non-hydrogen) atoms. The van der Waals surface area contributed by atoms with Crippen LogP contribution in [-0.2, 0) is 9.47 Å². The second-order valence-electron chi connectivity index (χ2n) is 3.67. The minimum absolute atomic E-state index is 0.134. The molecule has 1 aromatic rings. The van der Waals surface area contributed by atoms with Crippen molar-refractivity contribution in [2.24, 2.45) is 0 Å². The number of aliphatic hydroxyl groups excluding tert-OH is 1. The Hall–Kier alpha value is -1.30. The first kappa shape index (κ1) is 12.2. The van der Waals surface area contributed by atoms with Crippen LogP contribution in [0.1, 0.15) is 0 Å². The minimum Gasteiger partial charge on any atom is -0.493 e. The highest BCUT2D eigenvalue weighted by Gasteiger charge is 2.25. The van der Waals surface area contributed by atoms with Gasteiger partial charge in [0.2, 0.25) is 0 Å². The fourth-order valence-electron chi connectivity index (χ4n) is 1.61. The Morgan fingerprint density at radius 2 is 2.12 bits per heavy atom. The second-order valence-corrected chi connectivity index (χ2v) is 3.67. The van der Waals surface area contributed by atoms with E-state index in [-0.39, 0.29) is 12.7 Å². The molecule has 0 aromatic heterocycles. The molecule has 5 heteroatoms. The van der Waals surface area contributed by atoms with Crippen molar-refractivity contribution in [3.8, 4) is 11.5 Å². The molecule has 0 radical (unpaired) electrons. The van der Waals surface area contributed by atoms with Crippen LogP contribution in [0.5, 0.6) is 11.5 Å². The van der Waals surface area contributed by atoms with Crippen molar-refractivity contribution >= 4 is 0 Å². The Bertz CT molecular complexity index is 355. The maximum absolute atomic E-state index is 8.84. The fourth-order valence-corrected chi connectivity index (χ4v) is 1.61. The van der Waals surface area contributed by atoms with Crippen LogP contribution < -0.4 is 9.47 Å². The molecule has 0 aliphatic carbocycles. The average molecular weight is 240 g/mol. The molecule has 1 saturated heterocycles. The molecule has 0 bridgehead atoms. The topological polar surface area (TPSA) is 57.2 Å². The zero-order valence-corrected chi connectivity index (χ0v) is 9.67. The van der Waals surface area contributed by atoms with Crippen molar-refractivity contribution in [2.45, 2.75) is 12.4 Å². The van der Waals surface area contributed by atoms with Gasteiger partial charge in [0.25, 0.3) is 0 Å². The first-order chi connectivity index (χ1) is 8.33. The van der Waals surface area contributed by atoms with E-state index in [0.717, 1.165) is 0 Å². The zero-order chi connectivity index (χ0) is 12.1. The standard InChI is InChI=1S/C12H16O5/c1-14-10-4-2-3-5-11(10)15-7-9-8-16-12(6-13)17-9/h2-5,9,12-13H,6-8H2,1H3/t9-,12-/m1/s1. The summed E-state index contributed by atoms with van der Waals surface area (Å²) >= 11 is 0. The molecular formula is C12H16O5. The Kier molecular flexibility index (Phi) is 4.19. The highest BCUT2D eigenvalue weighted by Crippen LogP contribution is 2.26. The van der Waals surface area contributed by atoms with Gasteiger partial charge in [0.05, 0.1) is 20.3 Å². The van der Waals surface area contributed by atoms with Crippen LogP contribution in [0.4, 0.5) is 0 Å². The molecule has 1 N–H and O–H groups in total. The molecule has 1 aliphatic rings. The predicted octanol–water partition coefficient (Wildman–Crippen LogP) is 0.808. The van der Waals surface area contributed by atoms with Gasteiger partial charge in [0, 0.05) is 0 Å². The van der Waals surface area contributed by atoms with Gasteiger partial charge in [0.1, 0.15) is 12.7 Å². The average Bonchev–Trinajstić information content (AvgIpc) is 2.84. The molecule has 0 amide bonds. The molecule has 1 heterocycles. The third-order valence-corrected chi connectivity index (χ3v) is 2.46. The quantitative estimate of drug-likeness (QED) is 0.825. The summed E-state index contributed by atoms with van der Waals surface area (Å²) in [5, 5.41) is 8.84. The maximum atomic E-state index is 8.84. The number of hydrogen-bond acceptors (Lipinski definition) is 5. The highest BCUT2D eigenvalue weighted by molar-refractivity contribution is 5.39. The molecule has 94 valence electrons. The molecule has 5 nitrogen and oxygen atoms in total. The van der Waals surface area contributed by atoms with Crippen LogP contribution in [0.3, 0.4) is 0 Å². The lowest BCUT2D eigenvalue weighted by Crippen LogP contribution is -2.22. The van der Waals surface area contributed by atoms with Crippen LogP contribution >= 0.6 is 0 Å². The fraction of sp³-hybridized carbons (Fsp3) is 0.500. The predicted molar refractivity (Wildman–Crippen MR) is 60.2 cm³/mol. The van der Waals surface area contributed by atoms with E-state index in [2.05, 4.69) is 0 Å². The summed E-state index contributed by atoms with van der Waals surface area (Å²) in [7, 11) is 1.60. The van der Waals surface area contributed by atoms with Crippen molar-refractivity contribution in [3.05, 3.63) is 24.3 Å². The second kappa shape index (κ2) is 5.86. The molecule has 2 rings (SSSR count). The molecule has 2 atom stereocenters. The van der Waals surface area contributed by atoms with Crippen molar-refractivity contribution in [2.75, 3.05) is 26.9 Å². The summed E-state index contributed by atoms with van der Waals surface area (Å²) < 4.78 is 21.3. The summed E-state index contributed by atoms with van der Waals surface area (Å²) in [6.07, 6.45) is -0.682. The van der Waals surface area contributed by atoms with Gasteiger partial charge in [-0.3, -0.25) is 0 Å². The first-order valence-corrected chi connectivity index (χ1v) is 5.47. The molecule has 1 fully saturated rings. The molecular weight excluding hydrogens is 224 g/mol. The van der Waals surface area contributed by atoms with E-state index < -0.39 is 6.29 Å². The summed E-state index contributed by atoms with van der Waals surface area (Å²) in [4.78, 5) is 0. The van der Waals surface area contributed by atoms with Crippen LogP contribution in [-0.4, -0.2) is 44.4 Å². The number of rotatable bonds is 5. The Morgan fingerprint density at radius 1 is 1.35 bits per heavy atom. The van der Waals surface area contributed by atoms with Crippen LogP contribution in [0.2, 0.25) is 0 Å². The van der Waals surface area contributed by atoms with E-state index >= 15 is 0 Å². The summed E-state index contributed by atoms with van der Waals surface area (Å²) in [6, 6.07) is 7.42. The minimum atomic E-state index is -0.527. The normalized spacial score (nSPS) is 23.6. The zero-order valence-electron chi connectivity index (χ0n) is 9.67. The van der Waals surface area contributed by atoms with Gasteiger partial charge in [0.15, 0.2) is 17.8 Å². The Morgan fingerprint density at radius 3 is 2.76 bits per heavy atom. The van der Waals surface area contributed by atoms with Crippen molar-refractivity contribution in [1.82, 2.24) is 0 Å². The molecule has 1 aromatic carbocycles. The monoisotopic (exact) mass is 240 g/mol. The van der Waals surface area contributed by atoms with E-state index in [1.807, 2.05) is 24.3 Å². The van der Waals surface area contributed by atoms with E-state index in [0.29, 0.717) is 24.7 Å². The SMILES string of the molecule is COc1ccccc1OC[C@@H]1CO[C@@H](CO)O1. The molecule has 0 saturated carbocycles. The third kappa shape index (κ3) is 3.09. The van der Waals surface area contributed by atoms with Gasteiger partial charge >= 0.3 is 0 Å². The third-order valence-electron chi connectivity index (χ3n) is 2.46. The smallest absolute Gasteiger partial charge is 0.181 e. The number of methoxy groups -OCH3 is 1. The summed E-state index contributed by atoms with van der Waals surface area (Å²) in [5.41, 5.74) is 0. The van der Waals surface area contributed by atoms with Gasteiger partial charge in [-0.15, -0.1) is 0 Å². The van der Waals surface area contributed by atoms with Gasteiger partial charge in [-0.1, -0.05) is 12.1 Å². The van der Waals surface area contributed by atoms with Gasteiger partial charge < -0.3 is 24.1 Å². The Labute approximate surface area is 99.9 Å². The lowest BCUT2D eigenvalue weighted by Gasteiger charge is -2.13. The summed E-state index contributed by atoms with van der Waals surface area (Å²) in [6.45, 7) is 0.669. The number of para-hydroxylation sites is 2. The van der Waals surface area contributed by atoms with Gasteiger partial charge in [-0.05, 0) is 12.1 Å². The number of hydrogen-bond donors (Lipinski definition) is 1. The number of ether oxygens (including phenoxy) is 4. The molecule has 0 unspecified atom stereocenters. The van der Waals surface area contributed by atoms with Crippen LogP contribution in [0, 0.1) is 0 Å².